The fourth-order valence-corrected chi connectivity index (χ4v) is 3.85. The van der Waals surface area contributed by atoms with E-state index in [1.54, 1.807) is 18.3 Å². The van der Waals surface area contributed by atoms with Gasteiger partial charge in [-0.15, -0.1) is 11.3 Å². The summed E-state index contributed by atoms with van der Waals surface area (Å²) in [5, 5.41) is 4.37. The zero-order chi connectivity index (χ0) is 18.4. The van der Waals surface area contributed by atoms with Gasteiger partial charge in [0, 0.05) is 20.7 Å². The summed E-state index contributed by atoms with van der Waals surface area (Å²) in [5.74, 6) is 0.835. The van der Waals surface area contributed by atoms with E-state index in [-0.39, 0.29) is 11.9 Å². The number of thiophene rings is 1. The Bertz CT molecular complexity index is 716. The van der Waals surface area contributed by atoms with Crippen molar-refractivity contribution >= 4 is 33.3 Å². The van der Waals surface area contributed by atoms with Gasteiger partial charge in [-0.25, -0.2) is 9.97 Å². The Hall–Kier alpha value is -1.73. The van der Waals surface area contributed by atoms with Crippen LogP contribution in [0.3, 0.4) is 0 Å². The quantitative estimate of drug-likeness (QED) is 0.735. The van der Waals surface area contributed by atoms with Crippen molar-refractivity contribution in [1.29, 1.82) is 0 Å². The molecule has 0 aliphatic rings. The number of aromatic nitrogens is 2. The Labute approximate surface area is 153 Å². The van der Waals surface area contributed by atoms with Crippen molar-refractivity contribution in [3.8, 4) is 0 Å². The maximum absolute atomic E-state index is 12.8. The number of nitrogens with zero attached hydrogens (tertiary/aromatic N) is 3. The summed E-state index contributed by atoms with van der Waals surface area (Å²) in [5.41, 5.74) is 0.948. The number of rotatable bonds is 9. The second-order valence-electron chi connectivity index (χ2n) is 6.24. The summed E-state index contributed by atoms with van der Waals surface area (Å²) in [6.45, 7) is 7.59. The van der Waals surface area contributed by atoms with Crippen molar-refractivity contribution in [3.05, 3.63) is 16.8 Å². The molecule has 0 aromatic carbocycles. The van der Waals surface area contributed by atoms with Gasteiger partial charge in [-0.3, -0.25) is 4.79 Å². The van der Waals surface area contributed by atoms with Crippen molar-refractivity contribution in [1.82, 2.24) is 14.9 Å². The molecule has 2 rings (SSSR count). The lowest BCUT2D eigenvalue weighted by atomic mass is 10.1. The number of carbonyl (C=O) groups is 1. The van der Waals surface area contributed by atoms with Crippen molar-refractivity contribution in [3.63, 3.8) is 0 Å². The highest BCUT2D eigenvalue weighted by Gasteiger charge is 2.22. The van der Waals surface area contributed by atoms with Crippen molar-refractivity contribution < 1.29 is 9.53 Å². The van der Waals surface area contributed by atoms with Gasteiger partial charge in [0.25, 0.3) is 5.91 Å². The van der Waals surface area contributed by atoms with Crippen molar-refractivity contribution in [2.45, 2.75) is 46.1 Å². The largest absolute Gasteiger partial charge is 0.383 e. The summed E-state index contributed by atoms with van der Waals surface area (Å²) >= 11 is 1.44. The van der Waals surface area contributed by atoms with Crippen LogP contribution >= 0.6 is 11.3 Å². The molecule has 0 unspecified atom stereocenters. The maximum atomic E-state index is 12.8. The number of fused-ring (bicyclic) bond motifs is 1. The Morgan fingerprint density at radius 2 is 2.16 bits per heavy atom. The number of anilines is 1. The molecule has 6 nitrogen and oxygen atoms in total. The average Bonchev–Trinajstić information content (AvgIpc) is 2.96. The Morgan fingerprint density at radius 1 is 1.40 bits per heavy atom. The molecular weight excluding hydrogens is 336 g/mol. The van der Waals surface area contributed by atoms with Crippen LogP contribution < -0.4 is 5.32 Å². The third-order valence-electron chi connectivity index (χ3n) is 4.32. The van der Waals surface area contributed by atoms with E-state index >= 15 is 0 Å². The zero-order valence-corrected chi connectivity index (χ0v) is 16.6. The molecule has 0 aliphatic heterocycles. The molecule has 1 amide bonds. The van der Waals surface area contributed by atoms with Gasteiger partial charge in [0.2, 0.25) is 0 Å². The number of ether oxygens (including phenoxy) is 1. The predicted molar refractivity (Wildman–Crippen MR) is 104 cm³/mol. The molecule has 0 saturated carbocycles. The number of methoxy groups -OCH3 is 1. The molecule has 2 aromatic rings. The molecule has 7 heteroatoms. The average molecular weight is 365 g/mol. The molecule has 0 aliphatic carbocycles. The zero-order valence-electron chi connectivity index (χ0n) is 15.8. The molecule has 25 heavy (non-hydrogen) atoms. The van der Waals surface area contributed by atoms with Crippen LogP contribution in [0, 0.1) is 6.92 Å². The summed E-state index contributed by atoms with van der Waals surface area (Å²) < 4.78 is 5.26. The van der Waals surface area contributed by atoms with Crippen LogP contribution in [-0.2, 0) is 4.74 Å². The summed E-state index contributed by atoms with van der Waals surface area (Å²) in [6.07, 6.45) is 4.55. The van der Waals surface area contributed by atoms with Crippen LogP contribution in [-0.4, -0.2) is 54.1 Å². The number of amides is 1. The van der Waals surface area contributed by atoms with E-state index in [9.17, 15) is 4.79 Å². The first kappa shape index (κ1) is 19.6. The third kappa shape index (κ3) is 4.46. The monoisotopic (exact) mass is 364 g/mol. The van der Waals surface area contributed by atoms with Gasteiger partial charge >= 0.3 is 0 Å². The van der Waals surface area contributed by atoms with Crippen LogP contribution in [0.4, 0.5) is 5.82 Å². The van der Waals surface area contributed by atoms with Crippen LogP contribution in [0.1, 0.15) is 48.3 Å². The molecule has 2 heterocycles. The summed E-state index contributed by atoms with van der Waals surface area (Å²) in [6, 6.07) is 0.175. The number of unbranched alkanes of at least 4 members (excludes halogenated alkanes) is 1. The van der Waals surface area contributed by atoms with E-state index in [1.165, 1.54) is 11.3 Å². The Kier molecular flexibility index (Phi) is 7.13. The van der Waals surface area contributed by atoms with E-state index in [0.717, 1.165) is 52.3 Å². The molecule has 2 aromatic heterocycles. The second kappa shape index (κ2) is 9.10. The fourth-order valence-electron chi connectivity index (χ4n) is 2.71. The lowest BCUT2D eigenvalue weighted by Gasteiger charge is -2.17. The van der Waals surface area contributed by atoms with E-state index in [2.05, 4.69) is 29.1 Å². The molecule has 1 atom stereocenters. The highest BCUT2D eigenvalue weighted by atomic mass is 32.1. The van der Waals surface area contributed by atoms with Gasteiger partial charge in [0.05, 0.1) is 22.9 Å². The van der Waals surface area contributed by atoms with E-state index < -0.39 is 0 Å². The summed E-state index contributed by atoms with van der Waals surface area (Å²) in [7, 11) is 3.55. The first-order valence-electron chi connectivity index (χ1n) is 8.78. The van der Waals surface area contributed by atoms with Crippen LogP contribution in [0.25, 0.3) is 10.2 Å². The minimum atomic E-state index is 0.0591. The lowest BCUT2D eigenvalue weighted by molar-refractivity contribution is 0.0797. The van der Waals surface area contributed by atoms with Crippen molar-refractivity contribution in [2.24, 2.45) is 0 Å². The molecule has 0 saturated heterocycles. The van der Waals surface area contributed by atoms with Gasteiger partial charge in [-0.05, 0) is 25.3 Å². The number of hydrogen-bond acceptors (Lipinski definition) is 6. The van der Waals surface area contributed by atoms with E-state index in [4.69, 9.17) is 4.74 Å². The molecule has 138 valence electrons. The normalized spacial score (nSPS) is 12.4. The number of nitrogens with one attached hydrogen (secondary N) is 1. The number of hydrogen-bond donors (Lipinski definition) is 1. The minimum Gasteiger partial charge on any atom is -0.383 e. The van der Waals surface area contributed by atoms with Crippen LogP contribution in [0.2, 0.25) is 0 Å². The lowest BCUT2D eigenvalue weighted by Crippen LogP contribution is -2.27. The molecule has 0 radical (unpaired) electrons. The van der Waals surface area contributed by atoms with Gasteiger partial charge < -0.3 is 15.0 Å². The Balaban J connectivity index is 2.35. The third-order valence-corrected chi connectivity index (χ3v) is 5.50. The number of aryl methyl sites for hydroxylation is 1. The van der Waals surface area contributed by atoms with Crippen LogP contribution in [0.15, 0.2) is 6.33 Å². The minimum absolute atomic E-state index is 0.0591. The standard InChI is InChI=1S/C18H28N4O2S/c1-6-8-9-22(4)18(23)15-12(3)14-16(19-11-20-17(14)25-15)21-13(7-2)10-24-5/h11,13H,6-10H2,1-5H3,(H,19,20,21)/t13-/m1/s1. The smallest absolute Gasteiger partial charge is 0.264 e. The van der Waals surface area contributed by atoms with Crippen molar-refractivity contribution in [2.75, 3.05) is 32.6 Å². The molecular formula is C18H28N4O2S. The molecule has 0 spiro atoms. The number of carbonyl (C=O) groups excluding carboxylic acids is 1. The van der Waals surface area contributed by atoms with Crippen LogP contribution in [0.5, 0.6) is 0 Å². The fraction of sp³-hybridized carbons (Fsp3) is 0.611. The SMILES string of the molecule is CCCCN(C)C(=O)c1sc2ncnc(N[C@H](CC)COC)c2c1C. The molecule has 1 N–H and O–H groups in total. The Morgan fingerprint density at radius 3 is 2.80 bits per heavy atom. The summed E-state index contributed by atoms with van der Waals surface area (Å²) in [4.78, 5) is 24.9. The first-order chi connectivity index (χ1) is 12.0. The second-order valence-corrected chi connectivity index (χ2v) is 7.24. The van der Waals surface area contributed by atoms with E-state index in [0.29, 0.717) is 6.61 Å². The highest BCUT2D eigenvalue weighted by Crippen LogP contribution is 2.34. The van der Waals surface area contributed by atoms with E-state index in [1.807, 2.05) is 14.0 Å². The van der Waals surface area contributed by atoms with Gasteiger partial charge in [-0.1, -0.05) is 20.3 Å². The topological polar surface area (TPSA) is 67.4 Å². The highest BCUT2D eigenvalue weighted by molar-refractivity contribution is 7.20. The molecule has 0 fully saturated rings. The van der Waals surface area contributed by atoms with Gasteiger partial charge in [-0.2, -0.15) is 0 Å². The maximum Gasteiger partial charge on any atom is 0.264 e. The molecule has 0 bridgehead atoms. The van der Waals surface area contributed by atoms with Gasteiger partial charge in [0.1, 0.15) is 17.0 Å². The first-order valence-corrected chi connectivity index (χ1v) is 9.60. The van der Waals surface area contributed by atoms with Gasteiger partial charge in [0.15, 0.2) is 0 Å². The predicted octanol–water partition coefficient (Wildman–Crippen LogP) is 3.71.